The van der Waals surface area contributed by atoms with Gasteiger partial charge in [-0.25, -0.2) is 4.79 Å². The normalized spacial score (nSPS) is 11.6. The van der Waals surface area contributed by atoms with E-state index in [2.05, 4.69) is 14.7 Å². The molecule has 0 fully saturated rings. The maximum absolute atomic E-state index is 12.3. The fraction of sp³-hybridized carbons (Fsp3) is 0.400. The van der Waals surface area contributed by atoms with Gasteiger partial charge in [0.25, 0.3) is 11.7 Å². The van der Waals surface area contributed by atoms with Crippen molar-refractivity contribution in [1.29, 1.82) is 0 Å². The average Bonchev–Trinajstić information content (AvgIpc) is 2.30. The number of carbonyl (C=O) groups is 1. The van der Waals surface area contributed by atoms with Crippen LogP contribution in [0.5, 0.6) is 0 Å². The number of rotatable bonds is 2. The molecule has 7 heteroatoms. The Morgan fingerprint density at radius 2 is 2.25 bits per heavy atom. The van der Waals surface area contributed by atoms with E-state index in [1.54, 1.807) is 0 Å². The van der Waals surface area contributed by atoms with Gasteiger partial charge in [-0.05, 0) is 5.16 Å². The van der Waals surface area contributed by atoms with Gasteiger partial charge in [0, 0.05) is 6.92 Å². The summed E-state index contributed by atoms with van der Waals surface area (Å²) in [6, 6.07) is 0. The first-order valence-corrected chi connectivity index (χ1v) is 2.86. The molecule has 0 aliphatic rings. The number of hydrogen-bond acceptors (Lipinski definition) is 4. The Balaban J connectivity index is 3.00. The van der Waals surface area contributed by atoms with Crippen molar-refractivity contribution in [3.8, 4) is 0 Å². The van der Waals surface area contributed by atoms with Crippen molar-refractivity contribution in [2.75, 3.05) is 0 Å². The van der Waals surface area contributed by atoms with Gasteiger partial charge in [0.1, 0.15) is 0 Å². The molecule has 0 bridgehead atoms. The third kappa shape index (κ3) is 1.55. The lowest BCUT2D eigenvalue weighted by Gasteiger charge is -2.00. The Morgan fingerprint density at radius 1 is 1.67 bits per heavy atom. The molecule has 0 radical (unpaired) electrons. The number of alkyl halides is 2. The Bertz CT molecular complexity index is 304. The van der Waals surface area contributed by atoms with Crippen molar-refractivity contribution in [2.24, 2.45) is 0 Å². The second kappa shape index (κ2) is 2.50. The molecule has 0 atom stereocenters. The van der Waals surface area contributed by atoms with Gasteiger partial charge in [0.05, 0.1) is 0 Å². The van der Waals surface area contributed by atoms with Crippen LogP contribution in [-0.4, -0.2) is 21.2 Å². The number of nitrogens with zero attached hydrogens (tertiary/aromatic N) is 2. The molecule has 0 spiro atoms. The summed E-state index contributed by atoms with van der Waals surface area (Å²) in [5.41, 5.74) is 0. The van der Waals surface area contributed by atoms with Gasteiger partial charge in [-0.3, -0.25) is 0 Å². The van der Waals surface area contributed by atoms with Crippen molar-refractivity contribution in [3.05, 3.63) is 11.7 Å². The fourth-order valence-electron chi connectivity index (χ4n) is 0.489. The predicted molar refractivity (Wildman–Crippen MR) is 30.8 cm³/mol. The molecule has 0 saturated heterocycles. The minimum absolute atomic E-state index is 0.534. The molecule has 12 heavy (non-hydrogen) atoms. The van der Waals surface area contributed by atoms with Gasteiger partial charge in [-0.1, -0.05) is 0 Å². The summed E-state index contributed by atoms with van der Waals surface area (Å²) in [7, 11) is 0. The first-order valence-electron chi connectivity index (χ1n) is 2.86. The van der Waals surface area contributed by atoms with Gasteiger partial charge in [-0.2, -0.15) is 13.8 Å². The van der Waals surface area contributed by atoms with E-state index < -0.39 is 23.6 Å². The molecular weight excluding hydrogens is 174 g/mol. The number of aromatic carboxylic acids is 1. The monoisotopic (exact) mass is 178 g/mol. The summed E-state index contributed by atoms with van der Waals surface area (Å²) >= 11 is 0. The minimum atomic E-state index is -3.30. The van der Waals surface area contributed by atoms with Crippen LogP contribution in [0.3, 0.4) is 0 Å². The zero-order valence-corrected chi connectivity index (χ0v) is 5.91. The first-order chi connectivity index (χ1) is 5.41. The molecule has 0 amide bonds. The Kier molecular flexibility index (Phi) is 1.79. The minimum Gasteiger partial charge on any atom is -0.475 e. The number of carboxylic acids is 1. The van der Waals surface area contributed by atoms with E-state index in [-0.39, 0.29) is 0 Å². The standard InChI is InChI=1S/C5H4F2N2O3/c1-5(6,7)4-8-2(3(10)11)9-12-4/h1H3,(H,10,11). The molecule has 66 valence electrons. The van der Waals surface area contributed by atoms with Gasteiger partial charge in [0.15, 0.2) is 0 Å². The zero-order valence-electron chi connectivity index (χ0n) is 5.91. The largest absolute Gasteiger partial charge is 0.475 e. The van der Waals surface area contributed by atoms with E-state index in [1.165, 1.54) is 0 Å². The number of hydrogen-bond donors (Lipinski definition) is 1. The summed E-state index contributed by atoms with van der Waals surface area (Å²) in [5, 5.41) is 11.1. The highest BCUT2D eigenvalue weighted by Gasteiger charge is 2.33. The van der Waals surface area contributed by atoms with Crippen molar-refractivity contribution in [3.63, 3.8) is 0 Å². The predicted octanol–water partition coefficient (Wildman–Crippen LogP) is 0.879. The average molecular weight is 178 g/mol. The van der Waals surface area contributed by atoms with Crippen LogP contribution < -0.4 is 0 Å². The molecular formula is C5H4F2N2O3. The van der Waals surface area contributed by atoms with Crippen LogP contribution in [0.15, 0.2) is 4.52 Å². The van der Waals surface area contributed by atoms with Crippen molar-refractivity contribution >= 4 is 5.97 Å². The zero-order chi connectivity index (χ0) is 9.35. The van der Waals surface area contributed by atoms with Crippen LogP contribution in [0.25, 0.3) is 0 Å². The smallest absolute Gasteiger partial charge is 0.377 e. The van der Waals surface area contributed by atoms with Crippen LogP contribution >= 0.6 is 0 Å². The molecule has 1 heterocycles. The van der Waals surface area contributed by atoms with Gasteiger partial charge >= 0.3 is 11.9 Å². The van der Waals surface area contributed by atoms with E-state index in [0.717, 1.165) is 0 Å². The van der Waals surface area contributed by atoms with Crippen molar-refractivity contribution in [1.82, 2.24) is 10.1 Å². The highest BCUT2D eigenvalue weighted by Crippen LogP contribution is 2.24. The molecule has 0 aliphatic carbocycles. The third-order valence-electron chi connectivity index (χ3n) is 0.993. The first kappa shape index (κ1) is 8.57. The molecule has 0 unspecified atom stereocenters. The fourth-order valence-corrected chi connectivity index (χ4v) is 0.489. The summed E-state index contributed by atoms with van der Waals surface area (Å²) in [6.07, 6.45) is 0. The van der Waals surface area contributed by atoms with E-state index in [0.29, 0.717) is 6.92 Å². The van der Waals surface area contributed by atoms with E-state index in [1.807, 2.05) is 0 Å². The Labute approximate surface area is 65.0 Å². The number of carboxylic acid groups (broad SMARTS) is 1. The third-order valence-corrected chi connectivity index (χ3v) is 0.993. The number of aromatic nitrogens is 2. The lowest BCUT2D eigenvalue weighted by Crippen LogP contribution is -2.08. The molecule has 1 rings (SSSR count). The molecule has 1 aromatic heterocycles. The second-order valence-corrected chi connectivity index (χ2v) is 2.12. The second-order valence-electron chi connectivity index (χ2n) is 2.12. The summed E-state index contributed by atoms with van der Waals surface area (Å²) < 4.78 is 28.7. The SMILES string of the molecule is CC(F)(F)c1nc(C(=O)O)no1. The molecule has 0 saturated carbocycles. The van der Waals surface area contributed by atoms with Gasteiger partial charge in [0.2, 0.25) is 0 Å². The van der Waals surface area contributed by atoms with Crippen molar-refractivity contribution < 1.29 is 23.2 Å². The summed E-state index contributed by atoms with van der Waals surface area (Å²) in [6.45, 7) is 0.534. The van der Waals surface area contributed by atoms with Crippen LogP contribution in [0, 0.1) is 0 Å². The van der Waals surface area contributed by atoms with E-state index in [9.17, 15) is 13.6 Å². The van der Waals surface area contributed by atoms with E-state index >= 15 is 0 Å². The Hall–Kier alpha value is -1.53. The molecule has 0 aromatic carbocycles. The summed E-state index contributed by atoms with van der Waals surface area (Å²) in [5.74, 6) is -6.58. The van der Waals surface area contributed by atoms with Crippen molar-refractivity contribution in [2.45, 2.75) is 12.8 Å². The van der Waals surface area contributed by atoms with Crippen LogP contribution in [0.4, 0.5) is 8.78 Å². The van der Waals surface area contributed by atoms with Crippen LogP contribution in [-0.2, 0) is 5.92 Å². The lowest BCUT2D eigenvalue weighted by atomic mass is 10.4. The van der Waals surface area contributed by atoms with Gasteiger partial charge < -0.3 is 9.63 Å². The quantitative estimate of drug-likeness (QED) is 0.727. The maximum Gasteiger partial charge on any atom is 0.377 e. The number of halogens is 2. The highest BCUT2D eigenvalue weighted by atomic mass is 19.3. The maximum atomic E-state index is 12.3. The van der Waals surface area contributed by atoms with Crippen LogP contribution in [0.2, 0.25) is 0 Å². The summed E-state index contributed by atoms with van der Waals surface area (Å²) in [4.78, 5) is 13.1. The highest BCUT2D eigenvalue weighted by molar-refractivity contribution is 5.82. The van der Waals surface area contributed by atoms with Crippen LogP contribution in [0.1, 0.15) is 23.4 Å². The lowest BCUT2D eigenvalue weighted by molar-refractivity contribution is -0.0158. The molecule has 5 nitrogen and oxygen atoms in total. The van der Waals surface area contributed by atoms with Gasteiger partial charge in [-0.15, -0.1) is 0 Å². The van der Waals surface area contributed by atoms with E-state index in [4.69, 9.17) is 5.11 Å². The Morgan fingerprint density at radius 3 is 2.50 bits per heavy atom. The topological polar surface area (TPSA) is 76.2 Å². The molecule has 1 aromatic rings. The molecule has 0 aliphatic heterocycles. The molecule has 1 N–H and O–H groups in total.